The number of pyridine rings is 1. The zero-order chi connectivity index (χ0) is 15.5. The molecule has 0 radical (unpaired) electrons. The van der Waals surface area contributed by atoms with Crippen LogP contribution in [0, 0.1) is 5.82 Å². The first-order valence-electron chi connectivity index (χ1n) is 6.89. The Morgan fingerprint density at radius 1 is 1.18 bits per heavy atom. The van der Waals surface area contributed by atoms with E-state index < -0.39 is 0 Å². The van der Waals surface area contributed by atoms with Crippen molar-refractivity contribution in [3.8, 4) is 5.75 Å². The number of nitrogens with zero attached hydrogens (tertiary/aromatic N) is 1. The van der Waals surface area contributed by atoms with Gasteiger partial charge in [-0.3, -0.25) is 0 Å². The predicted molar refractivity (Wildman–Crippen MR) is 85.3 cm³/mol. The third kappa shape index (κ3) is 2.71. The van der Waals surface area contributed by atoms with Crippen LogP contribution in [0.3, 0.4) is 0 Å². The SMILES string of the molecule is COc1cccc2cc(Cc3ccc(F)cc3)c(NN)nc12. The average molecular weight is 297 g/mol. The molecule has 0 amide bonds. The molecule has 3 N–H and O–H groups in total. The van der Waals surface area contributed by atoms with Crippen molar-refractivity contribution in [2.24, 2.45) is 5.84 Å². The fourth-order valence-corrected chi connectivity index (χ4v) is 2.46. The van der Waals surface area contributed by atoms with E-state index in [9.17, 15) is 4.39 Å². The molecule has 3 rings (SSSR count). The van der Waals surface area contributed by atoms with E-state index in [4.69, 9.17) is 10.6 Å². The molecule has 0 spiro atoms. The molecule has 5 heteroatoms. The molecule has 3 aromatic rings. The van der Waals surface area contributed by atoms with Crippen molar-refractivity contribution < 1.29 is 9.13 Å². The van der Waals surface area contributed by atoms with Crippen LogP contribution in [-0.2, 0) is 6.42 Å². The van der Waals surface area contributed by atoms with Crippen LogP contribution in [0.4, 0.5) is 10.2 Å². The number of rotatable bonds is 4. The molecule has 0 unspecified atom stereocenters. The smallest absolute Gasteiger partial charge is 0.145 e. The van der Waals surface area contributed by atoms with E-state index >= 15 is 0 Å². The Morgan fingerprint density at radius 2 is 1.95 bits per heavy atom. The van der Waals surface area contributed by atoms with Gasteiger partial charge in [0.25, 0.3) is 0 Å². The van der Waals surface area contributed by atoms with Gasteiger partial charge in [0.2, 0.25) is 0 Å². The molecule has 0 fully saturated rings. The van der Waals surface area contributed by atoms with Gasteiger partial charge in [-0.05, 0) is 29.8 Å². The number of halogens is 1. The summed E-state index contributed by atoms with van der Waals surface area (Å²) in [5, 5.41) is 0.968. The molecule has 0 aliphatic heterocycles. The highest BCUT2D eigenvalue weighted by molar-refractivity contribution is 5.87. The second kappa shape index (κ2) is 5.99. The van der Waals surface area contributed by atoms with Crippen molar-refractivity contribution in [1.29, 1.82) is 0 Å². The molecule has 0 aliphatic rings. The van der Waals surface area contributed by atoms with Gasteiger partial charge in [0.15, 0.2) is 0 Å². The van der Waals surface area contributed by atoms with Gasteiger partial charge in [-0.15, -0.1) is 0 Å². The number of hydrazine groups is 1. The Bertz CT molecular complexity index is 803. The number of para-hydroxylation sites is 1. The first-order chi connectivity index (χ1) is 10.7. The summed E-state index contributed by atoms with van der Waals surface area (Å²) >= 11 is 0. The second-order valence-electron chi connectivity index (χ2n) is 4.98. The normalized spacial score (nSPS) is 10.7. The van der Waals surface area contributed by atoms with Crippen LogP contribution in [0.25, 0.3) is 10.9 Å². The topological polar surface area (TPSA) is 60.2 Å². The molecular weight excluding hydrogens is 281 g/mol. The number of benzene rings is 2. The standard InChI is InChI=1S/C17H16FN3O/c1-22-15-4-2-3-12-10-13(17(21-19)20-16(12)15)9-11-5-7-14(18)8-6-11/h2-8,10H,9,19H2,1H3,(H,20,21). The number of nitrogen functional groups attached to an aromatic ring is 1. The molecule has 0 bridgehead atoms. The maximum Gasteiger partial charge on any atom is 0.145 e. The Hall–Kier alpha value is -2.66. The van der Waals surface area contributed by atoms with Crippen LogP contribution in [-0.4, -0.2) is 12.1 Å². The lowest BCUT2D eigenvalue weighted by molar-refractivity contribution is 0.419. The van der Waals surface area contributed by atoms with E-state index in [0.717, 1.165) is 22.0 Å². The van der Waals surface area contributed by atoms with Crippen LogP contribution in [0.5, 0.6) is 5.75 Å². The fraction of sp³-hybridized carbons (Fsp3) is 0.118. The first kappa shape index (κ1) is 14.3. The van der Waals surface area contributed by atoms with Gasteiger partial charge in [-0.1, -0.05) is 24.3 Å². The van der Waals surface area contributed by atoms with Crippen LogP contribution in [0.1, 0.15) is 11.1 Å². The summed E-state index contributed by atoms with van der Waals surface area (Å²) in [4.78, 5) is 4.54. The van der Waals surface area contributed by atoms with Crippen LogP contribution < -0.4 is 16.0 Å². The molecular formula is C17H16FN3O. The van der Waals surface area contributed by atoms with Gasteiger partial charge in [0.1, 0.15) is 22.9 Å². The van der Waals surface area contributed by atoms with Crippen molar-refractivity contribution in [1.82, 2.24) is 4.98 Å². The van der Waals surface area contributed by atoms with E-state index in [1.807, 2.05) is 24.3 Å². The van der Waals surface area contributed by atoms with Gasteiger partial charge >= 0.3 is 0 Å². The molecule has 0 saturated carbocycles. The Balaban J connectivity index is 2.06. The second-order valence-corrected chi connectivity index (χ2v) is 4.98. The summed E-state index contributed by atoms with van der Waals surface area (Å²) in [7, 11) is 1.61. The summed E-state index contributed by atoms with van der Waals surface area (Å²) < 4.78 is 18.3. The van der Waals surface area contributed by atoms with Crippen LogP contribution in [0.2, 0.25) is 0 Å². The molecule has 1 heterocycles. The lowest BCUT2D eigenvalue weighted by Crippen LogP contribution is -2.11. The highest BCUT2D eigenvalue weighted by Gasteiger charge is 2.10. The highest BCUT2D eigenvalue weighted by atomic mass is 19.1. The summed E-state index contributed by atoms with van der Waals surface area (Å²) in [5.41, 5.74) is 5.31. The van der Waals surface area contributed by atoms with Crippen molar-refractivity contribution in [2.75, 3.05) is 12.5 Å². The summed E-state index contributed by atoms with van der Waals surface area (Å²) in [5.74, 6) is 6.63. The number of aromatic nitrogens is 1. The van der Waals surface area contributed by atoms with E-state index in [0.29, 0.717) is 18.0 Å². The fourth-order valence-electron chi connectivity index (χ4n) is 2.46. The Morgan fingerprint density at radius 3 is 2.64 bits per heavy atom. The lowest BCUT2D eigenvalue weighted by atomic mass is 10.0. The molecule has 2 aromatic carbocycles. The number of hydrogen-bond donors (Lipinski definition) is 2. The Labute approximate surface area is 127 Å². The number of methoxy groups -OCH3 is 1. The van der Waals surface area contributed by atoms with E-state index in [2.05, 4.69) is 10.4 Å². The minimum atomic E-state index is -0.248. The number of nitrogens with two attached hydrogens (primary N) is 1. The van der Waals surface area contributed by atoms with E-state index in [1.54, 1.807) is 19.2 Å². The van der Waals surface area contributed by atoms with Gasteiger partial charge < -0.3 is 10.2 Å². The van der Waals surface area contributed by atoms with E-state index in [1.165, 1.54) is 12.1 Å². The van der Waals surface area contributed by atoms with Crippen molar-refractivity contribution in [3.63, 3.8) is 0 Å². The summed E-state index contributed by atoms with van der Waals surface area (Å²) in [6.45, 7) is 0. The van der Waals surface area contributed by atoms with Gasteiger partial charge in [-0.2, -0.15) is 0 Å². The van der Waals surface area contributed by atoms with Crippen LogP contribution in [0.15, 0.2) is 48.5 Å². The van der Waals surface area contributed by atoms with Crippen molar-refractivity contribution in [2.45, 2.75) is 6.42 Å². The third-order valence-electron chi connectivity index (χ3n) is 3.55. The highest BCUT2D eigenvalue weighted by Crippen LogP contribution is 2.28. The minimum absolute atomic E-state index is 0.248. The van der Waals surface area contributed by atoms with Crippen LogP contribution >= 0.6 is 0 Å². The molecule has 1 aromatic heterocycles. The number of fused-ring (bicyclic) bond motifs is 1. The maximum atomic E-state index is 13.0. The Kier molecular flexibility index (Phi) is 3.89. The monoisotopic (exact) mass is 297 g/mol. The molecule has 4 nitrogen and oxygen atoms in total. The largest absolute Gasteiger partial charge is 0.494 e. The molecule has 0 aliphatic carbocycles. The maximum absolute atomic E-state index is 13.0. The number of nitrogens with one attached hydrogen (secondary N) is 1. The van der Waals surface area contributed by atoms with E-state index in [-0.39, 0.29) is 5.82 Å². The summed E-state index contributed by atoms with van der Waals surface area (Å²) in [6, 6.07) is 14.2. The molecule has 22 heavy (non-hydrogen) atoms. The predicted octanol–water partition coefficient (Wildman–Crippen LogP) is 3.26. The first-order valence-corrected chi connectivity index (χ1v) is 6.89. The quantitative estimate of drug-likeness (QED) is 0.573. The number of ether oxygens (including phenoxy) is 1. The molecule has 0 saturated heterocycles. The van der Waals surface area contributed by atoms with Crippen molar-refractivity contribution >= 4 is 16.7 Å². The molecule has 112 valence electrons. The number of anilines is 1. The van der Waals surface area contributed by atoms with Gasteiger partial charge in [0.05, 0.1) is 7.11 Å². The summed E-state index contributed by atoms with van der Waals surface area (Å²) in [6.07, 6.45) is 0.611. The van der Waals surface area contributed by atoms with Gasteiger partial charge in [-0.25, -0.2) is 15.2 Å². The number of hydrogen-bond acceptors (Lipinski definition) is 4. The van der Waals surface area contributed by atoms with Gasteiger partial charge in [0, 0.05) is 17.4 Å². The third-order valence-corrected chi connectivity index (χ3v) is 3.55. The average Bonchev–Trinajstić information content (AvgIpc) is 2.55. The zero-order valence-corrected chi connectivity index (χ0v) is 12.1. The minimum Gasteiger partial charge on any atom is -0.494 e. The lowest BCUT2D eigenvalue weighted by Gasteiger charge is -2.12. The van der Waals surface area contributed by atoms with Crippen molar-refractivity contribution in [3.05, 3.63) is 65.5 Å². The zero-order valence-electron chi connectivity index (χ0n) is 12.1. The molecule has 0 atom stereocenters.